The number of carbonyl (C=O) groups excluding carboxylic acids is 1. The normalized spacial score (nSPS) is 12.1. The van der Waals surface area contributed by atoms with Gasteiger partial charge in [-0.2, -0.15) is 0 Å². The number of rotatable bonds is 7. The molecule has 5 rings (SSSR count). The number of carbonyl (C=O) groups is 1. The summed E-state index contributed by atoms with van der Waals surface area (Å²) in [7, 11) is 0. The fourth-order valence-corrected chi connectivity index (χ4v) is 3.86. The van der Waals surface area contributed by atoms with Crippen molar-refractivity contribution in [2.75, 3.05) is 6.79 Å². The van der Waals surface area contributed by atoms with Gasteiger partial charge in [0.15, 0.2) is 11.5 Å². The Hall–Kier alpha value is -3.86. The van der Waals surface area contributed by atoms with Gasteiger partial charge >= 0.3 is 0 Å². The molecule has 0 bridgehead atoms. The standard InChI is InChI=1S/C26H22N2O3/c29-22(15-19-11-13-24-25(16-19)31-18-30-24)12-14-26-27-17-23(20-7-3-1-4-8-20)28(26)21-9-5-2-6-10-21/h1-11,13,16-17H,12,14-15,18H2. The van der Waals surface area contributed by atoms with Gasteiger partial charge in [0.2, 0.25) is 6.79 Å². The van der Waals surface area contributed by atoms with Crippen molar-refractivity contribution >= 4 is 5.78 Å². The first-order valence-corrected chi connectivity index (χ1v) is 10.4. The maximum Gasteiger partial charge on any atom is 0.231 e. The number of aromatic nitrogens is 2. The summed E-state index contributed by atoms with van der Waals surface area (Å²) in [6, 6.07) is 26.0. The van der Waals surface area contributed by atoms with Crippen molar-refractivity contribution in [3.8, 4) is 28.4 Å². The van der Waals surface area contributed by atoms with E-state index in [2.05, 4.69) is 33.8 Å². The van der Waals surface area contributed by atoms with Crippen LogP contribution in [0.3, 0.4) is 0 Å². The Bertz CT molecular complexity index is 1200. The number of benzene rings is 3. The Labute approximate surface area is 180 Å². The molecule has 0 atom stereocenters. The zero-order valence-electron chi connectivity index (χ0n) is 17.0. The molecule has 31 heavy (non-hydrogen) atoms. The summed E-state index contributed by atoms with van der Waals surface area (Å²) < 4.78 is 12.9. The SMILES string of the molecule is O=C(CCc1ncc(-c2ccccc2)n1-c1ccccc1)Cc1ccc2c(c1)OCO2. The van der Waals surface area contributed by atoms with Crippen molar-refractivity contribution in [2.24, 2.45) is 0 Å². The first-order chi connectivity index (χ1) is 15.3. The molecular formula is C26H22N2O3. The molecule has 0 radical (unpaired) electrons. The van der Waals surface area contributed by atoms with Gasteiger partial charge in [-0.1, -0.05) is 54.6 Å². The van der Waals surface area contributed by atoms with E-state index in [1.807, 2.05) is 60.8 Å². The number of ether oxygens (including phenoxy) is 2. The van der Waals surface area contributed by atoms with Gasteiger partial charge in [0, 0.05) is 30.5 Å². The zero-order chi connectivity index (χ0) is 21.0. The second-order valence-corrected chi connectivity index (χ2v) is 7.50. The highest BCUT2D eigenvalue weighted by atomic mass is 16.7. The fourth-order valence-electron chi connectivity index (χ4n) is 3.86. The summed E-state index contributed by atoms with van der Waals surface area (Å²) in [5, 5.41) is 0. The van der Waals surface area contributed by atoms with Crippen LogP contribution in [0.5, 0.6) is 11.5 Å². The van der Waals surface area contributed by atoms with Crippen LogP contribution in [0.4, 0.5) is 0 Å². The summed E-state index contributed by atoms with van der Waals surface area (Å²) >= 11 is 0. The molecule has 5 heteroatoms. The highest BCUT2D eigenvalue weighted by Gasteiger charge is 2.17. The minimum Gasteiger partial charge on any atom is -0.454 e. The molecule has 0 saturated heterocycles. The molecule has 0 fully saturated rings. The van der Waals surface area contributed by atoms with Gasteiger partial charge in [0.1, 0.15) is 11.6 Å². The molecule has 1 aromatic heterocycles. The topological polar surface area (TPSA) is 53.4 Å². The Morgan fingerprint density at radius 1 is 0.903 bits per heavy atom. The highest BCUT2D eigenvalue weighted by molar-refractivity contribution is 5.81. The fraction of sp³-hybridized carbons (Fsp3) is 0.154. The quantitative estimate of drug-likeness (QED) is 0.430. The molecule has 1 aliphatic heterocycles. The number of nitrogens with zero attached hydrogens (tertiary/aromatic N) is 2. The van der Waals surface area contributed by atoms with Crippen molar-refractivity contribution in [3.63, 3.8) is 0 Å². The molecule has 0 saturated carbocycles. The Kier molecular flexibility index (Phi) is 5.23. The first kappa shape index (κ1) is 19.1. The van der Waals surface area contributed by atoms with Crippen LogP contribution in [0.25, 0.3) is 16.9 Å². The number of ketones is 1. The first-order valence-electron chi connectivity index (χ1n) is 10.4. The van der Waals surface area contributed by atoms with Gasteiger partial charge in [0.25, 0.3) is 0 Å². The summed E-state index contributed by atoms with van der Waals surface area (Å²) in [4.78, 5) is 17.4. The van der Waals surface area contributed by atoms with Crippen molar-refractivity contribution in [2.45, 2.75) is 19.3 Å². The van der Waals surface area contributed by atoms with Gasteiger partial charge in [-0.15, -0.1) is 0 Å². The molecule has 2 heterocycles. The predicted octanol–water partition coefficient (Wildman–Crippen LogP) is 5.01. The minimum absolute atomic E-state index is 0.169. The van der Waals surface area contributed by atoms with Crippen LogP contribution >= 0.6 is 0 Å². The largest absolute Gasteiger partial charge is 0.454 e. The van der Waals surface area contributed by atoms with E-state index in [4.69, 9.17) is 9.47 Å². The van der Waals surface area contributed by atoms with Crippen LogP contribution in [-0.4, -0.2) is 22.1 Å². The van der Waals surface area contributed by atoms with E-state index in [9.17, 15) is 4.79 Å². The molecule has 4 aromatic rings. The molecule has 5 nitrogen and oxygen atoms in total. The molecule has 3 aromatic carbocycles. The molecule has 0 unspecified atom stereocenters. The smallest absolute Gasteiger partial charge is 0.231 e. The number of fused-ring (bicyclic) bond motifs is 1. The number of para-hydroxylation sites is 1. The Balaban J connectivity index is 1.35. The van der Waals surface area contributed by atoms with Crippen LogP contribution in [0.1, 0.15) is 17.8 Å². The molecular weight excluding hydrogens is 388 g/mol. The van der Waals surface area contributed by atoms with Crippen molar-refractivity contribution in [1.29, 1.82) is 0 Å². The van der Waals surface area contributed by atoms with Crippen LogP contribution in [0.15, 0.2) is 85.1 Å². The molecule has 154 valence electrons. The summed E-state index contributed by atoms with van der Waals surface area (Å²) in [6.07, 6.45) is 3.26. The van der Waals surface area contributed by atoms with Gasteiger partial charge in [-0.25, -0.2) is 4.98 Å². The van der Waals surface area contributed by atoms with E-state index < -0.39 is 0 Å². The van der Waals surface area contributed by atoms with E-state index in [-0.39, 0.29) is 12.6 Å². The van der Waals surface area contributed by atoms with Crippen molar-refractivity contribution in [1.82, 2.24) is 9.55 Å². The van der Waals surface area contributed by atoms with E-state index in [1.165, 1.54) is 0 Å². The second-order valence-electron chi connectivity index (χ2n) is 7.50. The number of aryl methyl sites for hydroxylation is 1. The third kappa shape index (κ3) is 4.08. The number of hydrogen-bond acceptors (Lipinski definition) is 4. The van der Waals surface area contributed by atoms with E-state index >= 15 is 0 Å². The van der Waals surface area contributed by atoms with Crippen molar-refractivity contribution in [3.05, 3.63) is 96.4 Å². The summed E-state index contributed by atoms with van der Waals surface area (Å²) in [5.74, 6) is 2.48. The Morgan fingerprint density at radius 3 is 2.45 bits per heavy atom. The van der Waals surface area contributed by atoms with Crippen LogP contribution in [0, 0.1) is 0 Å². The molecule has 0 amide bonds. The Morgan fingerprint density at radius 2 is 1.65 bits per heavy atom. The van der Waals surface area contributed by atoms with Gasteiger partial charge in [0.05, 0.1) is 11.9 Å². The van der Waals surface area contributed by atoms with E-state index in [0.29, 0.717) is 25.0 Å². The van der Waals surface area contributed by atoms with Gasteiger partial charge < -0.3 is 9.47 Å². The van der Waals surface area contributed by atoms with Crippen LogP contribution in [-0.2, 0) is 17.6 Å². The molecule has 0 spiro atoms. The lowest BCUT2D eigenvalue weighted by molar-refractivity contribution is -0.118. The molecule has 0 aliphatic carbocycles. The lowest BCUT2D eigenvalue weighted by Crippen LogP contribution is -2.08. The lowest BCUT2D eigenvalue weighted by atomic mass is 10.0. The van der Waals surface area contributed by atoms with Gasteiger partial charge in [-0.05, 0) is 29.8 Å². The number of Topliss-reactive ketones (excluding diaryl/α,β-unsaturated/α-hetero) is 1. The lowest BCUT2D eigenvalue weighted by Gasteiger charge is -2.12. The maximum absolute atomic E-state index is 12.7. The molecule has 0 N–H and O–H groups in total. The van der Waals surface area contributed by atoms with E-state index in [1.54, 1.807) is 0 Å². The summed E-state index contributed by atoms with van der Waals surface area (Å²) in [6.45, 7) is 0.235. The average molecular weight is 410 g/mol. The maximum atomic E-state index is 12.7. The van der Waals surface area contributed by atoms with Gasteiger partial charge in [-0.3, -0.25) is 9.36 Å². The zero-order valence-corrected chi connectivity index (χ0v) is 17.0. The second kappa shape index (κ2) is 8.48. The third-order valence-electron chi connectivity index (χ3n) is 5.38. The predicted molar refractivity (Wildman–Crippen MR) is 119 cm³/mol. The van der Waals surface area contributed by atoms with Crippen molar-refractivity contribution < 1.29 is 14.3 Å². The summed E-state index contributed by atoms with van der Waals surface area (Å²) in [5.41, 5.74) is 4.09. The molecule has 1 aliphatic rings. The third-order valence-corrected chi connectivity index (χ3v) is 5.38. The minimum atomic E-state index is 0.169. The van der Waals surface area contributed by atoms with E-state index in [0.717, 1.165) is 34.1 Å². The number of hydrogen-bond donors (Lipinski definition) is 0. The average Bonchev–Trinajstić information content (AvgIpc) is 3.45. The van der Waals surface area contributed by atoms with Crippen LogP contribution in [0.2, 0.25) is 0 Å². The van der Waals surface area contributed by atoms with Crippen LogP contribution < -0.4 is 9.47 Å². The monoisotopic (exact) mass is 410 g/mol. The highest BCUT2D eigenvalue weighted by Crippen LogP contribution is 2.32. The number of imidazole rings is 1.